The van der Waals surface area contributed by atoms with E-state index in [0.717, 1.165) is 0 Å². The number of carbonyl (C=O) groups excluding carboxylic acids is 1. The molecule has 0 aliphatic rings. The molecule has 1 aromatic carbocycles. The second kappa shape index (κ2) is 5.16. The fourth-order valence-corrected chi connectivity index (χ4v) is 1.98. The van der Waals surface area contributed by atoms with E-state index in [1.807, 2.05) is 6.07 Å². The third-order valence-corrected chi connectivity index (χ3v) is 3.16. The number of nitrogens with zero attached hydrogens (tertiary/aromatic N) is 4. The number of nitrogens with one attached hydrogen (secondary N) is 1. The van der Waals surface area contributed by atoms with Crippen molar-refractivity contribution in [1.29, 1.82) is 0 Å². The maximum absolute atomic E-state index is 12.5. The minimum Gasteiger partial charge on any atom is -0.309 e. The Kier molecular flexibility index (Phi) is 3.19. The molecule has 2 heterocycles. The minimum absolute atomic E-state index is 0.0811. The summed E-state index contributed by atoms with van der Waals surface area (Å²) in [5, 5.41) is 9.75. The average Bonchev–Trinajstić information content (AvgIpc) is 3.16. The van der Waals surface area contributed by atoms with Gasteiger partial charge in [0.1, 0.15) is 18.7 Å². The monoisotopic (exact) mass is 286 g/mol. The first-order valence-electron chi connectivity index (χ1n) is 6.26. The van der Waals surface area contributed by atoms with Crippen LogP contribution in [0.1, 0.15) is 23.5 Å². The molecule has 8 nitrogen and oxygen atoms in total. The summed E-state index contributed by atoms with van der Waals surface area (Å²) >= 11 is 0. The fraction of sp³-hybridized carbons (Fsp3) is 0.154. The van der Waals surface area contributed by atoms with Gasteiger partial charge in [-0.3, -0.25) is 9.32 Å². The lowest BCUT2D eigenvalue weighted by Crippen LogP contribution is -2.42. The zero-order valence-corrected chi connectivity index (χ0v) is 11.1. The summed E-state index contributed by atoms with van der Waals surface area (Å²) in [6, 6.07) is 8.32. The van der Waals surface area contributed by atoms with E-state index in [0.29, 0.717) is 5.69 Å². The molecule has 0 saturated carbocycles. The lowest BCUT2D eigenvalue weighted by Gasteiger charge is -2.06. The highest BCUT2D eigenvalue weighted by atomic mass is 16.5. The highest BCUT2D eigenvalue weighted by Crippen LogP contribution is 2.09. The molecule has 106 valence electrons. The quantitative estimate of drug-likeness (QED) is 0.549. The van der Waals surface area contributed by atoms with Crippen LogP contribution in [0.3, 0.4) is 0 Å². The molecule has 0 aliphatic heterocycles. The van der Waals surface area contributed by atoms with E-state index in [4.69, 9.17) is 4.52 Å². The molecule has 3 aromatic rings. The van der Waals surface area contributed by atoms with Crippen molar-refractivity contribution in [3.63, 3.8) is 0 Å². The Hall–Kier alpha value is -3.03. The number of rotatable bonds is 4. The van der Waals surface area contributed by atoms with Gasteiger partial charge in [0, 0.05) is 12.1 Å². The maximum Gasteiger partial charge on any atom is 0.439 e. The summed E-state index contributed by atoms with van der Waals surface area (Å²) in [7, 11) is 0. The molecule has 0 saturated heterocycles. The third-order valence-electron chi connectivity index (χ3n) is 3.16. The molecule has 0 bridgehead atoms. The summed E-state index contributed by atoms with van der Waals surface area (Å²) in [6.07, 6.45) is 2.84. The topological polar surface area (TPSA) is 97.7 Å². The summed E-state index contributed by atoms with van der Waals surface area (Å²) in [6.45, 7) is 1.66. The number of hydrogen-bond acceptors (Lipinski definition) is 5. The number of benzene rings is 1. The third kappa shape index (κ3) is 2.27. The van der Waals surface area contributed by atoms with Crippen LogP contribution in [0, 0.1) is 0 Å². The lowest BCUT2D eigenvalue weighted by molar-refractivity contribution is -0.672. The first-order valence-corrected chi connectivity index (χ1v) is 6.26. The van der Waals surface area contributed by atoms with Gasteiger partial charge in [-0.1, -0.05) is 18.2 Å². The van der Waals surface area contributed by atoms with Crippen LogP contribution in [0.25, 0.3) is 5.69 Å². The number of Topliss-reactive ketones (excluding diaryl/α,β-unsaturated/α-hetero) is 1. The first kappa shape index (κ1) is 13.0. The molecule has 2 aromatic heterocycles. The molecule has 0 spiro atoms. The molecule has 0 aliphatic carbocycles. The number of hydrogen-bond donors (Lipinski definition) is 1. The molecular weight excluding hydrogens is 274 g/mol. The Balaban J connectivity index is 2.05. The average molecular weight is 286 g/mol. The van der Waals surface area contributed by atoms with E-state index in [2.05, 4.69) is 15.5 Å². The van der Waals surface area contributed by atoms with Crippen molar-refractivity contribution in [1.82, 2.24) is 20.0 Å². The number of para-hydroxylation sites is 1. The van der Waals surface area contributed by atoms with Crippen molar-refractivity contribution in [2.24, 2.45) is 0 Å². The number of aromatic nitrogens is 5. The Labute approximate surface area is 118 Å². The van der Waals surface area contributed by atoms with Crippen LogP contribution in [-0.2, 0) is 0 Å². The van der Waals surface area contributed by atoms with Crippen molar-refractivity contribution < 1.29 is 14.0 Å². The molecule has 0 radical (unpaired) electrons. The summed E-state index contributed by atoms with van der Waals surface area (Å²) in [4.78, 5) is 24.4. The van der Waals surface area contributed by atoms with Gasteiger partial charge in [0.05, 0.1) is 0 Å². The van der Waals surface area contributed by atoms with E-state index in [1.165, 1.54) is 21.9 Å². The Bertz CT molecular complexity index is 804. The number of H-pyrrole nitrogens is 1. The summed E-state index contributed by atoms with van der Waals surface area (Å²) in [5.41, 5.74) is -0.172. The van der Waals surface area contributed by atoms with E-state index >= 15 is 0 Å². The molecular formula is C13H12N5O3+. The van der Waals surface area contributed by atoms with Gasteiger partial charge in [0.15, 0.2) is 0 Å². The molecule has 1 N–H and O–H groups in total. The van der Waals surface area contributed by atoms with Crippen molar-refractivity contribution in [2.45, 2.75) is 13.0 Å². The molecule has 1 atom stereocenters. The predicted octanol–water partition coefficient (Wildman–Crippen LogP) is 0.280. The Morgan fingerprint density at radius 1 is 1.29 bits per heavy atom. The van der Waals surface area contributed by atoms with E-state index < -0.39 is 17.5 Å². The van der Waals surface area contributed by atoms with Gasteiger partial charge in [-0.05, 0) is 16.9 Å². The maximum atomic E-state index is 12.5. The second-order valence-corrected chi connectivity index (χ2v) is 4.45. The number of carbonyl (C=O) groups is 1. The van der Waals surface area contributed by atoms with Gasteiger partial charge < -0.3 is 4.57 Å². The zero-order valence-electron chi connectivity index (χ0n) is 11.1. The van der Waals surface area contributed by atoms with Gasteiger partial charge in [-0.15, -0.1) is 10.2 Å². The standard InChI is InChI=1S/C13H11N5O3/c1-9(17-7-14-15-8-17)12(19)11-13(20)21-16-18(11)10-5-3-2-4-6-10/h2-9H,1H3/p+1. The second-order valence-electron chi connectivity index (χ2n) is 4.45. The smallest absolute Gasteiger partial charge is 0.309 e. The van der Waals surface area contributed by atoms with Crippen molar-refractivity contribution >= 4 is 5.78 Å². The molecule has 0 amide bonds. The predicted molar refractivity (Wildman–Crippen MR) is 69.9 cm³/mol. The van der Waals surface area contributed by atoms with Crippen molar-refractivity contribution in [3.8, 4) is 5.69 Å². The number of ketones is 1. The SMILES string of the molecule is CC(C(=O)c1c(=O)o[nH][n+]1-c1ccccc1)n1cnnc1. The van der Waals surface area contributed by atoms with Gasteiger partial charge in [0.25, 0.3) is 5.78 Å². The van der Waals surface area contributed by atoms with E-state index in [-0.39, 0.29) is 5.69 Å². The van der Waals surface area contributed by atoms with Gasteiger partial charge in [0.2, 0.25) is 5.69 Å². The molecule has 1 unspecified atom stereocenters. The van der Waals surface area contributed by atoms with Crippen molar-refractivity contribution in [2.75, 3.05) is 0 Å². The van der Waals surface area contributed by atoms with E-state index in [1.54, 1.807) is 31.2 Å². The summed E-state index contributed by atoms with van der Waals surface area (Å²) < 4.78 is 7.60. The molecule has 3 rings (SSSR count). The molecule has 0 fully saturated rings. The van der Waals surface area contributed by atoms with Crippen LogP contribution in [0.2, 0.25) is 0 Å². The van der Waals surface area contributed by atoms with Gasteiger partial charge >= 0.3 is 11.3 Å². The minimum atomic E-state index is -0.719. The van der Waals surface area contributed by atoms with E-state index in [9.17, 15) is 9.59 Å². The van der Waals surface area contributed by atoms with Crippen LogP contribution in [0.4, 0.5) is 0 Å². The normalized spacial score (nSPS) is 12.2. The Morgan fingerprint density at radius 3 is 2.62 bits per heavy atom. The molecule has 21 heavy (non-hydrogen) atoms. The highest BCUT2D eigenvalue weighted by molar-refractivity contribution is 5.95. The largest absolute Gasteiger partial charge is 0.439 e. The van der Waals surface area contributed by atoms with Crippen molar-refractivity contribution in [3.05, 3.63) is 59.1 Å². The van der Waals surface area contributed by atoms with Crippen LogP contribution in [-0.4, -0.2) is 25.8 Å². The fourth-order valence-electron chi connectivity index (χ4n) is 1.98. The molecule has 8 heteroatoms. The Morgan fingerprint density at radius 2 is 1.95 bits per heavy atom. The van der Waals surface area contributed by atoms with Crippen LogP contribution >= 0.6 is 0 Å². The zero-order chi connectivity index (χ0) is 14.8. The van der Waals surface area contributed by atoms with Gasteiger partial charge in [-0.25, -0.2) is 4.79 Å². The van der Waals surface area contributed by atoms with Crippen LogP contribution in [0.15, 0.2) is 52.3 Å². The lowest BCUT2D eigenvalue weighted by atomic mass is 10.1. The van der Waals surface area contributed by atoms with Gasteiger partial charge in [-0.2, -0.15) is 0 Å². The van der Waals surface area contributed by atoms with Crippen LogP contribution < -0.4 is 10.3 Å². The highest BCUT2D eigenvalue weighted by Gasteiger charge is 2.34. The number of aromatic amines is 1. The summed E-state index contributed by atoms with van der Waals surface area (Å²) in [5.74, 6) is -0.395. The first-order chi connectivity index (χ1) is 10.2. The van der Waals surface area contributed by atoms with Crippen LogP contribution in [0.5, 0.6) is 0 Å².